The van der Waals surface area contributed by atoms with Crippen LogP contribution in [0.25, 0.3) is 48.4 Å². The van der Waals surface area contributed by atoms with E-state index in [1.54, 1.807) is 0 Å². The van der Waals surface area contributed by atoms with Crippen LogP contribution in [-0.4, -0.2) is 19.7 Å². The zero-order chi connectivity index (χ0) is 20.2. The van der Waals surface area contributed by atoms with Crippen LogP contribution in [0.4, 0.5) is 0 Å². The van der Waals surface area contributed by atoms with Crippen molar-refractivity contribution >= 4 is 43.4 Å². The fraction of sp³-hybridized carbons (Fsp3) is 0. The van der Waals surface area contributed by atoms with E-state index in [4.69, 9.17) is 0 Å². The largest absolute Gasteiger partial charge is 0.339 e. The molecule has 0 unspecified atom stereocenters. The van der Waals surface area contributed by atoms with Gasteiger partial charge in [0.2, 0.25) is 5.13 Å². The number of benzene rings is 3. The van der Waals surface area contributed by atoms with Crippen LogP contribution in [0, 0.1) is 0 Å². The fourth-order valence-corrected chi connectivity index (χ4v) is 4.66. The molecular weight excluding hydrogens is 396 g/mol. The first kappa shape index (κ1) is 16.9. The minimum absolute atomic E-state index is 0.0961. The number of hydrogen-bond acceptors (Lipinski definition) is 4. The minimum atomic E-state index is -0.407. The van der Waals surface area contributed by atoms with Crippen LogP contribution in [0.3, 0.4) is 0 Å². The molecule has 0 atom stereocenters. The molecule has 2 N–H and O–H groups in total. The molecular formula is C23H14N4O2S. The molecule has 0 aliphatic carbocycles. The number of aromatic amines is 2. The van der Waals surface area contributed by atoms with E-state index in [9.17, 15) is 9.59 Å². The number of pyridine rings is 1. The summed E-state index contributed by atoms with van der Waals surface area (Å²) in [6, 6.07) is 23.2. The van der Waals surface area contributed by atoms with Gasteiger partial charge < -0.3 is 4.98 Å². The molecule has 0 spiro atoms. The summed E-state index contributed by atoms with van der Waals surface area (Å²) in [4.78, 5) is 33.5. The highest BCUT2D eigenvalue weighted by atomic mass is 32.1. The van der Waals surface area contributed by atoms with Crippen molar-refractivity contribution in [1.29, 1.82) is 0 Å². The number of para-hydroxylation sites is 1. The van der Waals surface area contributed by atoms with Gasteiger partial charge in [0.15, 0.2) is 5.43 Å². The number of rotatable bonds is 2. The highest BCUT2D eigenvalue weighted by Crippen LogP contribution is 2.25. The molecule has 0 fully saturated rings. The minimum Gasteiger partial charge on any atom is -0.339 e. The second-order valence-electron chi connectivity index (χ2n) is 7.08. The Bertz CT molecular complexity index is 1670. The van der Waals surface area contributed by atoms with Gasteiger partial charge in [0, 0.05) is 6.07 Å². The topological polar surface area (TPSA) is 83.5 Å². The summed E-state index contributed by atoms with van der Waals surface area (Å²) < 4.78 is 2.30. The Morgan fingerprint density at radius 2 is 1.67 bits per heavy atom. The molecule has 0 amide bonds. The van der Waals surface area contributed by atoms with Crippen molar-refractivity contribution in [3.8, 4) is 16.4 Å². The van der Waals surface area contributed by atoms with Gasteiger partial charge in [-0.2, -0.15) is 4.68 Å². The Morgan fingerprint density at radius 1 is 0.867 bits per heavy atom. The summed E-state index contributed by atoms with van der Waals surface area (Å²) in [5.41, 5.74) is 1.99. The maximum atomic E-state index is 12.9. The molecule has 0 bridgehead atoms. The van der Waals surface area contributed by atoms with Crippen LogP contribution in [0.1, 0.15) is 0 Å². The fourth-order valence-electron chi connectivity index (χ4n) is 3.73. The standard InChI is InChI=1S/C23H14N4O2S/c28-18-12-17(15-10-9-13-5-1-2-6-14(13)11-15)24-21-20(18)22(29)27(26-21)23-25-16-7-3-4-8-19(16)30-23/h1-12H,(H2,24,26,28). The van der Waals surface area contributed by atoms with E-state index in [0.717, 1.165) is 26.6 Å². The monoisotopic (exact) mass is 410 g/mol. The Labute approximate surface area is 173 Å². The predicted octanol–water partition coefficient (Wildman–Crippen LogP) is 4.44. The molecule has 3 aromatic heterocycles. The molecule has 0 aliphatic heterocycles. The van der Waals surface area contributed by atoms with E-state index in [2.05, 4.69) is 15.1 Å². The van der Waals surface area contributed by atoms with Crippen LogP contribution in [-0.2, 0) is 0 Å². The second-order valence-corrected chi connectivity index (χ2v) is 8.08. The first-order valence-corrected chi connectivity index (χ1v) is 10.2. The van der Waals surface area contributed by atoms with E-state index in [1.807, 2.05) is 66.7 Å². The molecule has 144 valence electrons. The molecule has 0 radical (unpaired) electrons. The number of thiazole rings is 1. The van der Waals surface area contributed by atoms with Crippen LogP contribution in [0.15, 0.2) is 82.4 Å². The highest BCUT2D eigenvalue weighted by molar-refractivity contribution is 7.20. The van der Waals surface area contributed by atoms with Gasteiger partial charge in [-0.3, -0.25) is 14.7 Å². The second kappa shape index (κ2) is 6.27. The Morgan fingerprint density at radius 3 is 2.53 bits per heavy atom. The lowest BCUT2D eigenvalue weighted by Gasteiger charge is -2.04. The summed E-state index contributed by atoms with van der Waals surface area (Å²) in [5, 5.41) is 5.82. The van der Waals surface area contributed by atoms with Crippen molar-refractivity contribution in [2.75, 3.05) is 0 Å². The lowest BCUT2D eigenvalue weighted by atomic mass is 10.0. The van der Waals surface area contributed by atoms with Crippen LogP contribution in [0.5, 0.6) is 0 Å². The molecule has 30 heavy (non-hydrogen) atoms. The van der Waals surface area contributed by atoms with Gasteiger partial charge >= 0.3 is 0 Å². The van der Waals surface area contributed by atoms with E-state index in [-0.39, 0.29) is 10.8 Å². The molecule has 6 rings (SSSR count). The lowest BCUT2D eigenvalue weighted by molar-refractivity contribution is 0.851. The zero-order valence-electron chi connectivity index (χ0n) is 15.5. The molecule has 6 aromatic rings. The van der Waals surface area contributed by atoms with Crippen LogP contribution < -0.4 is 11.0 Å². The lowest BCUT2D eigenvalue weighted by Crippen LogP contribution is -2.17. The summed E-state index contributed by atoms with van der Waals surface area (Å²) in [5.74, 6) is 0. The van der Waals surface area contributed by atoms with Crippen molar-refractivity contribution in [3.05, 3.63) is 93.4 Å². The number of aromatic nitrogens is 4. The molecule has 3 aromatic carbocycles. The first-order valence-electron chi connectivity index (χ1n) is 9.40. The number of fused-ring (bicyclic) bond motifs is 3. The highest BCUT2D eigenvalue weighted by Gasteiger charge is 2.16. The Hall–Kier alpha value is -3.97. The van der Waals surface area contributed by atoms with Crippen molar-refractivity contribution in [2.45, 2.75) is 0 Å². The number of hydrogen-bond donors (Lipinski definition) is 2. The van der Waals surface area contributed by atoms with Crippen molar-refractivity contribution in [2.24, 2.45) is 0 Å². The van der Waals surface area contributed by atoms with Gasteiger partial charge in [0.05, 0.1) is 15.9 Å². The first-order chi connectivity index (χ1) is 14.7. The van der Waals surface area contributed by atoms with Crippen LogP contribution >= 0.6 is 11.3 Å². The maximum absolute atomic E-state index is 12.9. The summed E-state index contributed by atoms with van der Waals surface area (Å²) in [7, 11) is 0. The molecule has 0 aliphatic rings. The Balaban J connectivity index is 1.55. The van der Waals surface area contributed by atoms with E-state index in [1.165, 1.54) is 22.1 Å². The molecule has 3 heterocycles. The number of nitrogens with zero attached hydrogens (tertiary/aromatic N) is 2. The van der Waals surface area contributed by atoms with Gasteiger partial charge in [-0.1, -0.05) is 59.9 Å². The molecule has 6 nitrogen and oxygen atoms in total. The van der Waals surface area contributed by atoms with Gasteiger partial charge in [0.25, 0.3) is 5.56 Å². The predicted molar refractivity (Wildman–Crippen MR) is 121 cm³/mol. The quantitative estimate of drug-likeness (QED) is 0.443. The van der Waals surface area contributed by atoms with E-state index < -0.39 is 5.56 Å². The SMILES string of the molecule is O=c1cc(-c2ccc3ccccc3c2)[nH]c2[nH]n(-c3nc4ccccc4s3)c(=O)c12. The average Bonchev–Trinajstić information content (AvgIpc) is 3.34. The third kappa shape index (κ3) is 2.53. The average molecular weight is 410 g/mol. The van der Waals surface area contributed by atoms with Crippen molar-refractivity contribution in [3.63, 3.8) is 0 Å². The molecule has 0 saturated carbocycles. The van der Waals surface area contributed by atoms with Gasteiger partial charge in [0.1, 0.15) is 11.0 Å². The maximum Gasteiger partial charge on any atom is 0.286 e. The van der Waals surface area contributed by atoms with Gasteiger partial charge in [-0.15, -0.1) is 0 Å². The summed E-state index contributed by atoms with van der Waals surface area (Å²) in [6.07, 6.45) is 0. The van der Waals surface area contributed by atoms with E-state index >= 15 is 0 Å². The van der Waals surface area contributed by atoms with Gasteiger partial charge in [-0.25, -0.2) is 4.98 Å². The van der Waals surface area contributed by atoms with E-state index in [0.29, 0.717) is 16.5 Å². The van der Waals surface area contributed by atoms with Crippen molar-refractivity contribution < 1.29 is 0 Å². The Kier molecular flexibility index (Phi) is 3.54. The van der Waals surface area contributed by atoms with Gasteiger partial charge in [-0.05, 0) is 34.5 Å². The smallest absolute Gasteiger partial charge is 0.286 e. The normalized spacial score (nSPS) is 11.6. The summed E-state index contributed by atoms with van der Waals surface area (Å²) in [6.45, 7) is 0. The summed E-state index contributed by atoms with van der Waals surface area (Å²) >= 11 is 1.39. The van der Waals surface area contributed by atoms with Crippen LogP contribution in [0.2, 0.25) is 0 Å². The third-order valence-corrected chi connectivity index (χ3v) is 6.23. The van der Waals surface area contributed by atoms with Crippen molar-refractivity contribution in [1.82, 2.24) is 19.7 Å². The number of H-pyrrole nitrogens is 2. The third-order valence-electron chi connectivity index (χ3n) is 5.21. The number of nitrogens with one attached hydrogen (secondary N) is 2. The molecule has 7 heteroatoms. The zero-order valence-corrected chi connectivity index (χ0v) is 16.4. The molecule has 0 saturated heterocycles.